The van der Waals surface area contributed by atoms with Gasteiger partial charge in [-0.1, -0.05) is 66.7 Å². The van der Waals surface area contributed by atoms with Gasteiger partial charge in [0.15, 0.2) is 5.78 Å². The van der Waals surface area contributed by atoms with Crippen LogP contribution in [0.4, 0.5) is 11.4 Å². The van der Waals surface area contributed by atoms with E-state index in [1.165, 1.54) is 0 Å². The summed E-state index contributed by atoms with van der Waals surface area (Å²) in [5, 5.41) is 26.5. The van der Waals surface area contributed by atoms with Gasteiger partial charge in [-0.25, -0.2) is 4.79 Å². The van der Waals surface area contributed by atoms with Crippen LogP contribution in [0.25, 0.3) is 17.2 Å². The molecular formula is C32H28N2O4. The number of Topliss-reactive ketones (excluding diaryl/α,β-unsaturated/α-hetero) is 1. The van der Waals surface area contributed by atoms with Crippen LogP contribution in [0.2, 0.25) is 0 Å². The van der Waals surface area contributed by atoms with Crippen molar-refractivity contribution < 1.29 is 19.8 Å². The van der Waals surface area contributed by atoms with Crippen molar-refractivity contribution in [2.24, 2.45) is 0 Å². The fourth-order valence-corrected chi connectivity index (χ4v) is 4.60. The number of nitrogens with one attached hydrogen (secondary N) is 2. The number of fused-ring (bicyclic) bond motifs is 1. The normalized spacial score (nSPS) is 16.0. The lowest BCUT2D eigenvalue weighted by molar-refractivity contribution is -0.132. The summed E-state index contributed by atoms with van der Waals surface area (Å²) in [5.41, 5.74) is 5.40. The van der Waals surface area contributed by atoms with Crippen LogP contribution < -0.4 is 10.6 Å². The molecule has 0 spiro atoms. The zero-order chi connectivity index (χ0) is 26.5. The van der Waals surface area contributed by atoms with Gasteiger partial charge in [0.25, 0.3) is 0 Å². The monoisotopic (exact) mass is 504 g/mol. The first-order valence-corrected chi connectivity index (χ1v) is 12.4. The number of hydrogen-bond acceptors (Lipinski definition) is 5. The molecule has 0 saturated heterocycles. The topological polar surface area (TPSA) is 98.7 Å². The summed E-state index contributed by atoms with van der Waals surface area (Å²) in [6.07, 6.45) is 3.70. The van der Waals surface area contributed by atoms with Gasteiger partial charge >= 0.3 is 5.97 Å². The second kappa shape index (κ2) is 10.8. The van der Waals surface area contributed by atoms with Crippen LogP contribution in [0.3, 0.4) is 0 Å². The molecule has 0 aliphatic heterocycles. The Balaban J connectivity index is 1.18. The molecule has 5 rings (SSSR count). The second-order valence-corrected chi connectivity index (χ2v) is 9.45. The van der Waals surface area contributed by atoms with Gasteiger partial charge in [0.1, 0.15) is 5.60 Å². The average Bonchev–Trinajstić information content (AvgIpc) is 2.93. The molecule has 6 nitrogen and oxygen atoms in total. The van der Waals surface area contributed by atoms with E-state index >= 15 is 0 Å². The Labute approximate surface area is 221 Å². The summed E-state index contributed by atoms with van der Waals surface area (Å²) in [4.78, 5) is 24.0. The number of carbonyl (C=O) groups is 2. The van der Waals surface area contributed by atoms with E-state index in [1.807, 2.05) is 78.9 Å². The third-order valence-corrected chi connectivity index (χ3v) is 6.69. The molecule has 0 heterocycles. The maximum Gasteiger partial charge on any atom is 0.335 e. The summed E-state index contributed by atoms with van der Waals surface area (Å²) in [7, 11) is 0. The van der Waals surface area contributed by atoms with Gasteiger partial charge in [0.05, 0.1) is 12.1 Å². The molecule has 4 aromatic rings. The number of rotatable bonds is 9. The zero-order valence-electron chi connectivity index (χ0n) is 20.7. The summed E-state index contributed by atoms with van der Waals surface area (Å²) in [6.45, 7) is 0.562. The van der Waals surface area contributed by atoms with Crippen molar-refractivity contribution in [3.05, 3.63) is 125 Å². The standard InChI is InChI=1S/C32H28N2O4/c35-30(32(38)16-15-23-6-1-2-7-27(23)19-32)21-33-20-22-5-3-8-25(17-22)24-11-13-28(14-12-24)34-29-10-4-9-26(18-29)31(36)37/h1-18,33-34,38H,19-21H2,(H,36,37). The van der Waals surface area contributed by atoms with Gasteiger partial charge in [0, 0.05) is 24.3 Å². The lowest BCUT2D eigenvalue weighted by Gasteiger charge is -2.27. The summed E-state index contributed by atoms with van der Waals surface area (Å²) < 4.78 is 0. The van der Waals surface area contributed by atoms with Crippen LogP contribution in [-0.4, -0.2) is 34.1 Å². The van der Waals surface area contributed by atoms with Crippen molar-refractivity contribution >= 4 is 29.2 Å². The number of hydrogen-bond donors (Lipinski definition) is 4. The highest BCUT2D eigenvalue weighted by Gasteiger charge is 2.35. The molecule has 0 saturated carbocycles. The van der Waals surface area contributed by atoms with Crippen LogP contribution in [-0.2, 0) is 17.8 Å². The molecule has 4 N–H and O–H groups in total. The zero-order valence-corrected chi connectivity index (χ0v) is 20.7. The molecule has 6 heteroatoms. The SMILES string of the molecule is O=C(O)c1cccc(Nc2ccc(-c3cccc(CNCC(=O)C4(O)C=Cc5ccccc5C4)c3)cc2)c1. The third-order valence-electron chi connectivity index (χ3n) is 6.69. The molecule has 1 unspecified atom stereocenters. The molecule has 1 atom stereocenters. The number of carbonyl (C=O) groups excluding carboxylic acids is 1. The van der Waals surface area contributed by atoms with E-state index in [4.69, 9.17) is 0 Å². The van der Waals surface area contributed by atoms with Crippen molar-refractivity contribution in [3.63, 3.8) is 0 Å². The fraction of sp³-hybridized carbons (Fsp3) is 0.125. The van der Waals surface area contributed by atoms with Crippen LogP contribution in [0.1, 0.15) is 27.0 Å². The Hall–Kier alpha value is -4.52. The van der Waals surface area contributed by atoms with Crippen LogP contribution in [0.15, 0.2) is 103 Å². The molecule has 0 aromatic heterocycles. The molecule has 38 heavy (non-hydrogen) atoms. The van der Waals surface area contributed by atoms with Gasteiger partial charge in [-0.15, -0.1) is 0 Å². The predicted molar refractivity (Wildman–Crippen MR) is 149 cm³/mol. The van der Waals surface area contributed by atoms with Crippen molar-refractivity contribution in [1.29, 1.82) is 0 Å². The number of anilines is 2. The second-order valence-electron chi connectivity index (χ2n) is 9.45. The first kappa shape index (κ1) is 25.1. The van der Waals surface area contributed by atoms with Gasteiger partial charge < -0.3 is 20.8 Å². The Morgan fingerprint density at radius 3 is 2.42 bits per heavy atom. The largest absolute Gasteiger partial charge is 0.478 e. The van der Waals surface area contributed by atoms with Gasteiger partial charge in [-0.3, -0.25) is 4.79 Å². The van der Waals surface area contributed by atoms with E-state index in [2.05, 4.69) is 16.7 Å². The number of aromatic carboxylic acids is 1. The number of carboxylic acid groups (broad SMARTS) is 1. The molecule has 190 valence electrons. The Morgan fingerprint density at radius 2 is 1.61 bits per heavy atom. The third kappa shape index (κ3) is 5.72. The van der Waals surface area contributed by atoms with Crippen LogP contribution >= 0.6 is 0 Å². The first-order chi connectivity index (χ1) is 18.4. The van der Waals surface area contributed by atoms with Gasteiger partial charge in [-0.2, -0.15) is 0 Å². The lowest BCUT2D eigenvalue weighted by Crippen LogP contribution is -2.45. The lowest BCUT2D eigenvalue weighted by atomic mass is 9.83. The minimum absolute atomic E-state index is 0.0662. The molecule has 0 fully saturated rings. The van der Waals surface area contributed by atoms with E-state index in [9.17, 15) is 19.8 Å². The predicted octanol–water partition coefficient (Wildman–Crippen LogP) is 5.45. The van der Waals surface area contributed by atoms with Crippen molar-refractivity contribution in [2.45, 2.75) is 18.6 Å². The molecular weight excluding hydrogens is 476 g/mol. The Bertz CT molecular complexity index is 1510. The quantitative estimate of drug-likeness (QED) is 0.242. The highest BCUT2D eigenvalue weighted by Crippen LogP contribution is 2.27. The molecule has 4 aromatic carbocycles. The van der Waals surface area contributed by atoms with E-state index in [0.717, 1.165) is 33.5 Å². The molecule has 1 aliphatic rings. The molecule has 0 bridgehead atoms. The van der Waals surface area contributed by atoms with Crippen LogP contribution in [0.5, 0.6) is 0 Å². The smallest absolute Gasteiger partial charge is 0.335 e. The molecule has 0 radical (unpaired) electrons. The molecule has 0 amide bonds. The maximum absolute atomic E-state index is 12.8. The first-order valence-electron chi connectivity index (χ1n) is 12.4. The van der Waals surface area contributed by atoms with Gasteiger partial charge in [0.2, 0.25) is 0 Å². The van der Waals surface area contributed by atoms with Gasteiger partial charge in [-0.05, 0) is 70.3 Å². The Kier molecular flexibility index (Phi) is 7.18. The highest BCUT2D eigenvalue weighted by molar-refractivity contribution is 5.93. The van der Waals surface area contributed by atoms with Crippen molar-refractivity contribution in [1.82, 2.24) is 5.32 Å². The summed E-state index contributed by atoms with van der Waals surface area (Å²) in [5.74, 6) is -1.22. The minimum Gasteiger partial charge on any atom is -0.478 e. The number of benzene rings is 4. The summed E-state index contributed by atoms with van der Waals surface area (Å²) in [6, 6.07) is 30.4. The van der Waals surface area contributed by atoms with Crippen molar-refractivity contribution in [3.8, 4) is 11.1 Å². The van der Waals surface area contributed by atoms with E-state index < -0.39 is 11.6 Å². The number of ketones is 1. The van der Waals surface area contributed by atoms with Crippen molar-refractivity contribution in [2.75, 3.05) is 11.9 Å². The average molecular weight is 505 g/mol. The fourth-order valence-electron chi connectivity index (χ4n) is 4.60. The van der Waals surface area contributed by atoms with E-state index in [0.29, 0.717) is 12.2 Å². The van der Waals surface area contributed by atoms with Crippen LogP contribution in [0, 0.1) is 0 Å². The Morgan fingerprint density at radius 1 is 0.816 bits per heavy atom. The van der Waals surface area contributed by atoms with E-state index in [-0.39, 0.29) is 24.3 Å². The summed E-state index contributed by atoms with van der Waals surface area (Å²) >= 11 is 0. The van der Waals surface area contributed by atoms with E-state index in [1.54, 1.807) is 24.3 Å². The highest BCUT2D eigenvalue weighted by atomic mass is 16.4. The number of aliphatic hydroxyl groups is 1. The molecule has 1 aliphatic carbocycles. The number of carboxylic acids is 1. The minimum atomic E-state index is -1.49. The maximum atomic E-state index is 12.8.